The van der Waals surface area contributed by atoms with Gasteiger partial charge in [-0.25, -0.2) is 0 Å². The van der Waals surface area contributed by atoms with Crippen LogP contribution in [0.25, 0.3) is 0 Å². The number of benzene rings is 1. The molecule has 15 heavy (non-hydrogen) atoms. The first-order valence-electron chi connectivity index (χ1n) is 4.83. The van der Waals surface area contributed by atoms with Gasteiger partial charge in [0.15, 0.2) is 11.5 Å². The second-order valence-corrected chi connectivity index (χ2v) is 3.32. The van der Waals surface area contributed by atoms with Gasteiger partial charge in [0.2, 0.25) is 5.91 Å². The maximum Gasteiger partial charge on any atom is 0.227 e. The van der Waals surface area contributed by atoms with E-state index in [1.165, 1.54) is 12.1 Å². The Kier molecular flexibility index (Phi) is 3.55. The molecule has 1 rings (SSSR count). The topological polar surface area (TPSA) is 69.6 Å². The summed E-state index contributed by atoms with van der Waals surface area (Å²) in [5, 5.41) is 21.0. The Balaban J connectivity index is 3.02. The van der Waals surface area contributed by atoms with Crippen molar-refractivity contribution in [2.45, 2.75) is 19.3 Å². The number of amides is 1. The molecular weight excluding hydrogens is 194 g/mol. The molecule has 1 aromatic carbocycles. The Hall–Kier alpha value is -1.71. The molecule has 0 aliphatic heterocycles. The molecule has 0 bridgehead atoms. The van der Waals surface area contributed by atoms with E-state index < -0.39 is 0 Å². The average molecular weight is 209 g/mol. The molecule has 1 unspecified atom stereocenters. The lowest BCUT2D eigenvalue weighted by atomic mass is 9.95. The molecule has 0 radical (unpaired) electrons. The first kappa shape index (κ1) is 11.4. The van der Waals surface area contributed by atoms with Crippen LogP contribution in [0.5, 0.6) is 11.5 Å². The molecule has 1 amide bonds. The van der Waals surface area contributed by atoms with Crippen LogP contribution in [-0.2, 0) is 4.79 Å². The zero-order chi connectivity index (χ0) is 11.4. The highest BCUT2D eigenvalue weighted by molar-refractivity contribution is 5.83. The Morgan fingerprint density at radius 2 is 2.07 bits per heavy atom. The molecular formula is C11H15NO3. The van der Waals surface area contributed by atoms with Gasteiger partial charge in [-0.3, -0.25) is 4.79 Å². The zero-order valence-corrected chi connectivity index (χ0v) is 8.82. The molecule has 0 spiro atoms. The van der Waals surface area contributed by atoms with E-state index in [4.69, 9.17) is 5.11 Å². The minimum atomic E-state index is -0.290. The number of phenols is 2. The van der Waals surface area contributed by atoms with Crippen molar-refractivity contribution < 1.29 is 15.0 Å². The summed E-state index contributed by atoms with van der Waals surface area (Å²) in [4.78, 5) is 11.5. The second-order valence-electron chi connectivity index (χ2n) is 3.32. The molecule has 0 fully saturated rings. The number of likely N-dealkylation sites (N-methyl/N-ethyl adjacent to an activating group) is 1. The van der Waals surface area contributed by atoms with E-state index >= 15 is 0 Å². The van der Waals surface area contributed by atoms with Gasteiger partial charge < -0.3 is 15.5 Å². The van der Waals surface area contributed by atoms with Gasteiger partial charge in [0.1, 0.15) is 0 Å². The van der Waals surface area contributed by atoms with Gasteiger partial charge in [0, 0.05) is 7.05 Å². The number of phenolic OH excluding ortho intramolecular Hbond substituents is 2. The van der Waals surface area contributed by atoms with Gasteiger partial charge in [0.25, 0.3) is 0 Å². The standard InChI is InChI=1S/C11H15NO3/c1-3-8(11(15)12-2)7-4-5-9(13)10(14)6-7/h4-6,8,13-14H,3H2,1-2H3,(H,12,15). The van der Waals surface area contributed by atoms with E-state index in [1.54, 1.807) is 13.1 Å². The van der Waals surface area contributed by atoms with Crippen molar-refractivity contribution in [1.29, 1.82) is 0 Å². The summed E-state index contributed by atoms with van der Waals surface area (Å²) in [6.07, 6.45) is 0.643. The van der Waals surface area contributed by atoms with Gasteiger partial charge in [-0.05, 0) is 24.1 Å². The molecule has 0 saturated carbocycles. The van der Waals surface area contributed by atoms with Crippen LogP contribution in [0.4, 0.5) is 0 Å². The third-order valence-electron chi connectivity index (χ3n) is 2.37. The highest BCUT2D eigenvalue weighted by Gasteiger charge is 2.18. The maximum atomic E-state index is 11.5. The van der Waals surface area contributed by atoms with Crippen LogP contribution >= 0.6 is 0 Å². The van der Waals surface area contributed by atoms with Crippen molar-refractivity contribution in [2.24, 2.45) is 0 Å². The molecule has 1 aromatic rings. The average Bonchev–Trinajstić information content (AvgIpc) is 2.24. The van der Waals surface area contributed by atoms with Crippen LogP contribution in [0.3, 0.4) is 0 Å². The van der Waals surface area contributed by atoms with Gasteiger partial charge in [-0.2, -0.15) is 0 Å². The zero-order valence-electron chi connectivity index (χ0n) is 8.82. The van der Waals surface area contributed by atoms with E-state index in [0.29, 0.717) is 12.0 Å². The van der Waals surface area contributed by atoms with Crippen LogP contribution in [0.15, 0.2) is 18.2 Å². The molecule has 3 N–H and O–H groups in total. The Bertz CT molecular complexity index is 363. The Labute approximate surface area is 88.6 Å². The number of hydrogen-bond donors (Lipinski definition) is 3. The Morgan fingerprint density at radius 1 is 1.40 bits per heavy atom. The maximum absolute atomic E-state index is 11.5. The van der Waals surface area contributed by atoms with Gasteiger partial charge >= 0.3 is 0 Å². The van der Waals surface area contributed by atoms with E-state index in [0.717, 1.165) is 0 Å². The molecule has 0 aromatic heterocycles. The van der Waals surface area contributed by atoms with Crippen molar-refractivity contribution in [3.63, 3.8) is 0 Å². The number of carbonyl (C=O) groups is 1. The van der Waals surface area contributed by atoms with Crippen molar-refractivity contribution in [3.8, 4) is 11.5 Å². The first-order chi connectivity index (χ1) is 7.10. The van der Waals surface area contributed by atoms with Crippen molar-refractivity contribution in [1.82, 2.24) is 5.32 Å². The fraction of sp³-hybridized carbons (Fsp3) is 0.364. The van der Waals surface area contributed by atoms with Crippen LogP contribution in [0.2, 0.25) is 0 Å². The van der Waals surface area contributed by atoms with Crippen LogP contribution in [-0.4, -0.2) is 23.2 Å². The van der Waals surface area contributed by atoms with Gasteiger partial charge in [-0.15, -0.1) is 0 Å². The summed E-state index contributed by atoms with van der Waals surface area (Å²) in [5.74, 6) is -0.760. The molecule has 0 aliphatic carbocycles. The summed E-state index contributed by atoms with van der Waals surface area (Å²) in [7, 11) is 1.57. The third-order valence-corrected chi connectivity index (χ3v) is 2.37. The van der Waals surface area contributed by atoms with E-state index in [2.05, 4.69) is 5.32 Å². The van der Waals surface area contributed by atoms with E-state index in [-0.39, 0.29) is 23.3 Å². The molecule has 1 atom stereocenters. The Morgan fingerprint density at radius 3 is 2.53 bits per heavy atom. The highest BCUT2D eigenvalue weighted by Crippen LogP contribution is 2.29. The lowest BCUT2D eigenvalue weighted by Crippen LogP contribution is -2.25. The summed E-state index contributed by atoms with van der Waals surface area (Å²) in [5.41, 5.74) is 0.701. The summed E-state index contributed by atoms with van der Waals surface area (Å²) in [6, 6.07) is 4.44. The monoisotopic (exact) mass is 209 g/mol. The highest BCUT2D eigenvalue weighted by atomic mass is 16.3. The smallest absolute Gasteiger partial charge is 0.227 e. The van der Waals surface area contributed by atoms with E-state index in [9.17, 15) is 9.90 Å². The fourth-order valence-corrected chi connectivity index (χ4v) is 1.50. The number of carbonyl (C=O) groups excluding carboxylic acids is 1. The summed E-state index contributed by atoms with van der Waals surface area (Å²) >= 11 is 0. The minimum Gasteiger partial charge on any atom is -0.504 e. The number of rotatable bonds is 3. The van der Waals surface area contributed by atoms with Gasteiger partial charge in [-0.1, -0.05) is 13.0 Å². The normalized spacial score (nSPS) is 12.1. The number of nitrogens with one attached hydrogen (secondary N) is 1. The quantitative estimate of drug-likeness (QED) is 0.658. The predicted molar refractivity (Wildman–Crippen MR) is 56.9 cm³/mol. The SMILES string of the molecule is CCC(C(=O)NC)c1ccc(O)c(O)c1. The molecule has 4 nitrogen and oxygen atoms in total. The van der Waals surface area contributed by atoms with Gasteiger partial charge in [0.05, 0.1) is 5.92 Å². The molecule has 0 heterocycles. The number of hydrogen-bond acceptors (Lipinski definition) is 3. The molecule has 82 valence electrons. The molecule has 0 aliphatic rings. The lowest BCUT2D eigenvalue weighted by Gasteiger charge is -2.14. The second kappa shape index (κ2) is 4.68. The first-order valence-corrected chi connectivity index (χ1v) is 4.83. The van der Waals surface area contributed by atoms with Crippen molar-refractivity contribution in [2.75, 3.05) is 7.05 Å². The summed E-state index contributed by atoms with van der Waals surface area (Å²) in [6.45, 7) is 1.89. The van der Waals surface area contributed by atoms with Crippen LogP contribution in [0, 0.1) is 0 Å². The van der Waals surface area contributed by atoms with Crippen LogP contribution in [0.1, 0.15) is 24.8 Å². The van der Waals surface area contributed by atoms with E-state index in [1.807, 2.05) is 6.92 Å². The lowest BCUT2D eigenvalue weighted by molar-refractivity contribution is -0.122. The number of aromatic hydroxyl groups is 2. The third kappa shape index (κ3) is 2.40. The van der Waals surface area contributed by atoms with Crippen molar-refractivity contribution in [3.05, 3.63) is 23.8 Å². The fourth-order valence-electron chi connectivity index (χ4n) is 1.50. The van der Waals surface area contributed by atoms with Crippen LogP contribution < -0.4 is 5.32 Å². The van der Waals surface area contributed by atoms with Crippen molar-refractivity contribution >= 4 is 5.91 Å². The predicted octanol–water partition coefficient (Wildman–Crippen LogP) is 1.34. The molecule has 4 heteroatoms. The summed E-state index contributed by atoms with van der Waals surface area (Å²) < 4.78 is 0. The minimum absolute atomic E-state index is 0.0948. The molecule has 0 saturated heterocycles. The largest absolute Gasteiger partial charge is 0.504 e.